The Labute approximate surface area is 105 Å². The van der Waals surface area contributed by atoms with Crippen LogP contribution in [0, 0.1) is 11.8 Å². The number of aromatic nitrogens is 1. The number of anilines is 2. The molecule has 18 heavy (non-hydrogen) atoms. The number of hydrogen-bond donors (Lipinski definition) is 2. The second-order valence-corrected chi connectivity index (χ2v) is 4.93. The number of carbonyl (C=O) groups excluding carboxylic acids is 2. The average Bonchev–Trinajstić information content (AvgIpc) is 3.22. The van der Waals surface area contributed by atoms with Gasteiger partial charge >= 0.3 is 0 Å². The largest absolute Gasteiger partial charge is 0.323 e. The Morgan fingerprint density at radius 3 is 2.28 bits per heavy atom. The molecule has 0 spiro atoms. The van der Waals surface area contributed by atoms with Crippen LogP contribution in [0.5, 0.6) is 0 Å². The first-order valence-corrected chi connectivity index (χ1v) is 6.31. The average molecular weight is 245 g/mol. The van der Waals surface area contributed by atoms with Crippen molar-refractivity contribution in [3.63, 3.8) is 0 Å². The van der Waals surface area contributed by atoms with E-state index in [0.717, 1.165) is 25.7 Å². The molecule has 0 aliphatic heterocycles. The summed E-state index contributed by atoms with van der Waals surface area (Å²) in [6, 6.07) is 3.51. The molecule has 0 atom stereocenters. The fourth-order valence-electron chi connectivity index (χ4n) is 1.75. The molecule has 1 heterocycles. The van der Waals surface area contributed by atoms with Gasteiger partial charge in [0, 0.05) is 18.0 Å². The highest BCUT2D eigenvalue weighted by molar-refractivity contribution is 6.00. The summed E-state index contributed by atoms with van der Waals surface area (Å²) in [7, 11) is 0. The lowest BCUT2D eigenvalue weighted by molar-refractivity contribution is -0.118. The molecular weight excluding hydrogens is 230 g/mol. The van der Waals surface area contributed by atoms with Crippen molar-refractivity contribution in [2.75, 3.05) is 10.6 Å². The zero-order valence-corrected chi connectivity index (χ0v) is 9.98. The van der Waals surface area contributed by atoms with Crippen LogP contribution < -0.4 is 10.6 Å². The molecule has 0 aromatic carbocycles. The summed E-state index contributed by atoms with van der Waals surface area (Å²) in [6.45, 7) is 0. The van der Waals surface area contributed by atoms with E-state index < -0.39 is 0 Å². The van der Waals surface area contributed by atoms with Crippen molar-refractivity contribution in [2.24, 2.45) is 11.8 Å². The third-order valence-electron chi connectivity index (χ3n) is 3.20. The Morgan fingerprint density at radius 1 is 1.06 bits per heavy atom. The number of nitrogens with zero attached hydrogens (tertiary/aromatic N) is 1. The van der Waals surface area contributed by atoms with E-state index in [4.69, 9.17) is 0 Å². The smallest absolute Gasteiger partial charge is 0.228 e. The number of amides is 2. The van der Waals surface area contributed by atoms with Gasteiger partial charge in [-0.2, -0.15) is 0 Å². The van der Waals surface area contributed by atoms with Gasteiger partial charge in [-0.3, -0.25) is 9.59 Å². The van der Waals surface area contributed by atoms with Crippen LogP contribution in [0.1, 0.15) is 25.7 Å². The number of rotatable bonds is 4. The van der Waals surface area contributed by atoms with Gasteiger partial charge in [-0.05, 0) is 37.8 Å². The quantitative estimate of drug-likeness (QED) is 0.849. The third-order valence-corrected chi connectivity index (χ3v) is 3.20. The summed E-state index contributed by atoms with van der Waals surface area (Å²) in [5.74, 6) is 0.722. The van der Waals surface area contributed by atoms with Crippen molar-refractivity contribution in [3.05, 3.63) is 18.3 Å². The number of carbonyl (C=O) groups is 2. The van der Waals surface area contributed by atoms with Crippen LogP contribution in [-0.2, 0) is 9.59 Å². The van der Waals surface area contributed by atoms with Gasteiger partial charge < -0.3 is 10.6 Å². The van der Waals surface area contributed by atoms with E-state index in [1.807, 2.05) is 0 Å². The first kappa shape index (κ1) is 11.2. The van der Waals surface area contributed by atoms with Crippen molar-refractivity contribution in [3.8, 4) is 0 Å². The molecule has 2 fully saturated rings. The molecule has 5 heteroatoms. The lowest BCUT2D eigenvalue weighted by Gasteiger charge is -2.10. The SMILES string of the molecule is O=C(Nc1cccnc1NC(=O)C1CC1)C1CC1. The van der Waals surface area contributed by atoms with E-state index in [1.54, 1.807) is 18.3 Å². The highest BCUT2D eigenvalue weighted by Crippen LogP contribution is 2.32. The second-order valence-electron chi connectivity index (χ2n) is 4.93. The second kappa shape index (κ2) is 4.40. The molecule has 3 rings (SSSR count). The first-order chi connectivity index (χ1) is 8.74. The van der Waals surface area contributed by atoms with E-state index in [2.05, 4.69) is 15.6 Å². The van der Waals surface area contributed by atoms with E-state index >= 15 is 0 Å². The molecule has 2 aliphatic rings. The minimum Gasteiger partial charge on any atom is -0.323 e. The molecule has 2 amide bonds. The Kier molecular flexibility index (Phi) is 2.74. The van der Waals surface area contributed by atoms with Gasteiger partial charge in [0.05, 0.1) is 5.69 Å². The van der Waals surface area contributed by atoms with Crippen molar-refractivity contribution >= 4 is 23.3 Å². The van der Waals surface area contributed by atoms with Crippen molar-refractivity contribution in [1.29, 1.82) is 0 Å². The van der Waals surface area contributed by atoms with Crippen LogP contribution in [0.15, 0.2) is 18.3 Å². The molecule has 1 aromatic rings. The topological polar surface area (TPSA) is 71.1 Å². The van der Waals surface area contributed by atoms with Crippen LogP contribution in [0.2, 0.25) is 0 Å². The third kappa shape index (κ3) is 2.50. The summed E-state index contributed by atoms with van der Waals surface area (Å²) in [6.07, 6.45) is 5.41. The number of nitrogens with one attached hydrogen (secondary N) is 2. The number of hydrogen-bond acceptors (Lipinski definition) is 3. The van der Waals surface area contributed by atoms with Gasteiger partial charge in [0.15, 0.2) is 5.82 Å². The zero-order chi connectivity index (χ0) is 12.5. The van der Waals surface area contributed by atoms with E-state index in [-0.39, 0.29) is 23.7 Å². The highest BCUT2D eigenvalue weighted by atomic mass is 16.2. The first-order valence-electron chi connectivity index (χ1n) is 6.31. The lowest BCUT2D eigenvalue weighted by atomic mass is 10.3. The van der Waals surface area contributed by atoms with E-state index in [9.17, 15) is 9.59 Å². The Balaban J connectivity index is 1.71. The molecule has 0 saturated heterocycles. The summed E-state index contributed by atoms with van der Waals surface area (Å²) >= 11 is 0. The van der Waals surface area contributed by atoms with Gasteiger partial charge in [-0.1, -0.05) is 0 Å². The summed E-state index contributed by atoms with van der Waals surface area (Å²) in [4.78, 5) is 27.5. The van der Waals surface area contributed by atoms with Crippen molar-refractivity contribution in [1.82, 2.24) is 4.98 Å². The normalized spacial score (nSPS) is 18.2. The van der Waals surface area contributed by atoms with Crippen LogP contribution in [0.3, 0.4) is 0 Å². The van der Waals surface area contributed by atoms with Crippen LogP contribution in [0.4, 0.5) is 11.5 Å². The fraction of sp³-hybridized carbons (Fsp3) is 0.462. The summed E-state index contributed by atoms with van der Waals surface area (Å²) in [5.41, 5.74) is 0.586. The molecule has 94 valence electrons. The standard InChI is InChI=1S/C13H15N3O2/c17-12(8-3-4-8)15-10-2-1-7-14-11(10)16-13(18)9-5-6-9/h1-2,7-9H,3-6H2,(H,15,17)(H,14,16,18). The fourth-order valence-corrected chi connectivity index (χ4v) is 1.75. The Bertz CT molecular complexity index is 448. The predicted molar refractivity (Wildman–Crippen MR) is 66.9 cm³/mol. The van der Waals surface area contributed by atoms with Crippen LogP contribution in [-0.4, -0.2) is 16.8 Å². The van der Waals surface area contributed by atoms with E-state index in [1.165, 1.54) is 0 Å². The number of pyridine rings is 1. The molecular formula is C13H15N3O2. The minimum atomic E-state index is -0.00405. The van der Waals surface area contributed by atoms with Crippen LogP contribution >= 0.6 is 0 Å². The van der Waals surface area contributed by atoms with Gasteiger partial charge in [0.25, 0.3) is 0 Å². The molecule has 2 saturated carbocycles. The van der Waals surface area contributed by atoms with Gasteiger partial charge in [-0.25, -0.2) is 4.98 Å². The van der Waals surface area contributed by atoms with Crippen LogP contribution in [0.25, 0.3) is 0 Å². The Morgan fingerprint density at radius 2 is 1.67 bits per heavy atom. The zero-order valence-electron chi connectivity index (χ0n) is 9.98. The molecule has 0 bridgehead atoms. The molecule has 2 N–H and O–H groups in total. The highest BCUT2D eigenvalue weighted by Gasteiger charge is 2.32. The van der Waals surface area contributed by atoms with E-state index in [0.29, 0.717) is 11.5 Å². The molecule has 1 aromatic heterocycles. The van der Waals surface area contributed by atoms with Crippen molar-refractivity contribution < 1.29 is 9.59 Å². The molecule has 5 nitrogen and oxygen atoms in total. The Hall–Kier alpha value is -1.91. The van der Waals surface area contributed by atoms with Gasteiger partial charge in [0.2, 0.25) is 11.8 Å². The maximum absolute atomic E-state index is 11.7. The molecule has 0 radical (unpaired) electrons. The van der Waals surface area contributed by atoms with Gasteiger partial charge in [0.1, 0.15) is 0 Å². The summed E-state index contributed by atoms with van der Waals surface area (Å²) in [5, 5.41) is 5.59. The maximum Gasteiger partial charge on any atom is 0.228 e. The monoisotopic (exact) mass is 245 g/mol. The van der Waals surface area contributed by atoms with Gasteiger partial charge in [-0.15, -0.1) is 0 Å². The minimum absolute atomic E-state index is 0.00405. The maximum atomic E-state index is 11.7. The molecule has 0 unspecified atom stereocenters. The van der Waals surface area contributed by atoms with Crippen molar-refractivity contribution in [2.45, 2.75) is 25.7 Å². The predicted octanol–water partition coefficient (Wildman–Crippen LogP) is 1.78. The molecule has 2 aliphatic carbocycles. The summed E-state index contributed by atoms with van der Waals surface area (Å²) < 4.78 is 0. The lowest BCUT2D eigenvalue weighted by Crippen LogP contribution is -2.19.